The number of nitrogens with zero attached hydrogens (tertiary/aromatic N) is 1. The van der Waals surface area contributed by atoms with E-state index in [0.29, 0.717) is 28.4 Å². The summed E-state index contributed by atoms with van der Waals surface area (Å²) in [6.45, 7) is 0. The predicted octanol–water partition coefficient (Wildman–Crippen LogP) is 3.87. The molecule has 2 N–H and O–H groups in total. The lowest BCUT2D eigenvalue weighted by Gasteiger charge is -2.11. The zero-order valence-electron chi connectivity index (χ0n) is 15.4. The van der Waals surface area contributed by atoms with Crippen LogP contribution in [0.15, 0.2) is 66.9 Å². The van der Waals surface area contributed by atoms with Gasteiger partial charge < -0.3 is 20.1 Å². The zero-order valence-corrected chi connectivity index (χ0v) is 15.4. The zero-order chi connectivity index (χ0) is 19.9. The molecule has 1 aromatic heterocycles. The van der Waals surface area contributed by atoms with Gasteiger partial charge >= 0.3 is 5.97 Å². The molecule has 0 saturated carbocycles. The Morgan fingerprint density at radius 1 is 0.929 bits per heavy atom. The van der Waals surface area contributed by atoms with Crippen LogP contribution in [-0.4, -0.2) is 31.1 Å². The van der Waals surface area contributed by atoms with E-state index in [2.05, 4.69) is 15.6 Å². The van der Waals surface area contributed by atoms with Crippen LogP contribution in [0.25, 0.3) is 0 Å². The van der Waals surface area contributed by atoms with E-state index in [-0.39, 0.29) is 11.6 Å². The van der Waals surface area contributed by atoms with Crippen LogP contribution in [0.3, 0.4) is 0 Å². The number of pyridine rings is 1. The molecule has 1 amide bonds. The maximum Gasteiger partial charge on any atom is 0.339 e. The average Bonchev–Trinajstić information content (AvgIpc) is 2.74. The van der Waals surface area contributed by atoms with Gasteiger partial charge in [0.25, 0.3) is 5.91 Å². The Labute approximate surface area is 162 Å². The number of anilines is 3. The quantitative estimate of drug-likeness (QED) is 0.634. The molecule has 3 aromatic rings. The normalized spacial score (nSPS) is 10.1. The summed E-state index contributed by atoms with van der Waals surface area (Å²) in [4.78, 5) is 28.5. The smallest absolute Gasteiger partial charge is 0.339 e. The lowest BCUT2D eigenvalue weighted by molar-refractivity contribution is 0.0601. The second kappa shape index (κ2) is 8.68. The van der Waals surface area contributed by atoms with E-state index in [1.165, 1.54) is 13.3 Å². The van der Waals surface area contributed by atoms with Crippen molar-refractivity contribution in [1.29, 1.82) is 0 Å². The SMILES string of the molecule is COC(=O)c1ccccc1Nc1ccnc(C(=O)Nc2cccc(OC)c2)c1. The summed E-state index contributed by atoms with van der Waals surface area (Å²) in [5, 5.41) is 5.90. The highest BCUT2D eigenvalue weighted by Gasteiger charge is 2.13. The molecule has 0 saturated heterocycles. The van der Waals surface area contributed by atoms with Crippen LogP contribution in [0.2, 0.25) is 0 Å². The molecule has 2 aromatic carbocycles. The average molecular weight is 377 g/mol. The minimum absolute atomic E-state index is 0.225. The summed E-state index contributed by atoms with van der Waals surface area (Å²) < 4.78 is 9.95. The molecule has 0 radical (unpaired) electrons. The number of amides is 1. The molecule has 28 heavy (non-hydrogen) atoms. The number of aromatic nitrogens is 1. The van der Waals surface area contributed by atoms with Gasteiger partial charge in [-0.05, 0) is 36.4 Å². The third-order valence-electron chi connectivity index (χ3n) is 3.93. The van der Waals surface area contributed by atoms with Gasteiger partial charge in [-0.1, -0.05) is 18.2 Å². The molecule has 0 unspecified atom stereocenters. The van der Waals surface area contributed by atoms with Gasteiger partial charge in [0.2, 0.25) is 0 Å². The fourth-order valence-electron chi connectivity index (χ4n) is 2.56. The molecule has 7 nitrogen and oxygen atoms in total. The standard InChI is InChI=1S/C21H19N3O4/c1-27-16-7-5-6-14(12-16)24-20(25)19-13-15(10-11-22-19)23-18-9-4-3-8-17(18)21(26)28-2/h3-13H,1-2H3,(H,22,23)(H,24,25). The highest BCUT2D eigenvalue weighted by molar-refractivity contribution is 6.03. The summed E-state index contributed by atoms with van der Waals surface area (Å²) in [7, 11) is 2.89. The van der Waals surface area contributed by atoms with Crippen molar-refractivity contribution in [1.82, 2.24) is 4.98 Å². The van der Waals surface area contributed by atoms with Gasteiger partial charge in [-0.3, -0.25) is 9.78 Å². The van der Waals surface area contributed by atoms with Crippen molar-refractivity contribution < 1.29 is 19.1 Å². The lowest BCUT2D eigenvalue weighted by atomic mass is 10.1. The first-order chi connectivity index (χ1) is 13.6. The fourth-order valence-corrected chi connectivity index (χ4v) is 2.56. The Morgan fingerprint density at radius 2 is 1.75 bits per heavy atom. The van der Waals surface area contributed by atoms with Gasteiger partial charge in [0.15, 0.2) is 0 Å². The van der Waals surface area contributed by atoms with E-state index in [0.717, 1.165) is 0 Å². The van der Waals surface area contributed by atoms with Crippen molar-refractivity contribution in [3.05, 3.63) is 78.1 Å². The number of hydrogen-bond acceptors (Lipinski definition) is 6. The van der Waals surface area contributed by atoms with Crippen molar-refractivity contribution >= 4 is 28.9 Å². The van der Waals surface area contributed by atoms with Gasteiger partial charge in [-0.15, -0.1) is 0 Å². The summed E-state index contributed by atoms with van der Waals surface area (Å²) in [5.41, 5.74) is 2.40. The van der Waals surface area contributed by atoms with Crippen LogP contribution in [-0.2, 0) is 4.74 Å². The van der Waals surface area contributed by atoms with Crippen LogP contribution < -0.4 is 15.4 Å². The van der Waals surface area contributed by atoms with Crippen molar-refractivity contribution in [3.8, 4) is 5.75 Å². The molecular formula is C21H19N3O4. The summed E-state index contributed by atoms with van der Waals surface area (Å²) in [6.07, 6.45) is 1.52. The van der Waals surface area contributed by atoms with Crippen molar-refractivity contribution in [3.63, 3.8) is 0 Å². The number of hydrogen-bond donors (Lipinski definition) is 2. The fraction of sp³-hybridized carbons (Fsp3) is 0.0952. The van der Waals surface area contributed by atoms with Gasteiger partial charge in [-0.2, -0.15) is 0 Å². The number of nitrogens with one attached hydrogen (secondary N) is 2. The predicted molar refractivity (Wildman–Crippen MR) is 106 cm³/mol. The summed E-state index contributed by atoms with van der Waals surface area (Å²) >= 11 is 0. The third kappa shape index (κ3) is 4.45. The van der Waals surface area contributed by atoms with E-state index < -0.39 is 5.97 Å². The van der Waals surface area contributed by atoms with Crippen molar-refractivity contribution in [2.24, 2.45) is 0 Å². The Morgan fingerprint density at radius 3 is 2.54 bits per heavy atom. The molecule has 3 rings (SSSR count). The number of ether oxygens (including phenoxy) is 2. The first-order valence-electron chi connectivity index (χ1n) is 8.46. The van der Waals surface area contributed by atoms with Crippen LogP contribution in [0, 0.1) is 0 Å². The minimum atomic E-state index is -0.451. The lowest BCUT2D eigenvalue weighted by Crippen LogP contribution is -2.14. The number of benzene rings is 2. The van der Waals surface area contributed by atoms with Gasteiger partial charge in [0.05, 0.1) is 25.5 Å². The van der Waals surface area contributed by atoms with Gasteiger partial charge in [-0.25, -0.2) is 4.79 Å². The molecule has 0 aliphatic heterocycles. The second-order valence-corrected chi connectivity index (χ2v) is 5.78. The Bertz CT molecular complexity index is 1000. The van der Waals surface area contributed by atoms with E-state index in [1.807, 2.05) is 0 Å². The molecular weight excluding hydrogens is 358 g/mol. The minimum Gasteiger partial charge on any atom is -0.497 e. The van der Waals surface area contributed by atoms with Crippen LogP contribution in [0.1, 0.15) is 20.8 Å². The van der Waals surface area contributed by atoms with Gasteiger partial charge in [0, 0.05) is 23.6 Å². The maximum absolute atomic E-state index is 12.5. The number of carbonyl (C=O) groups excluding carboxylic acids is 2. The Hall–Kier alpha value is -3.87. The number of carbonyl (C=O) groups is 2. The number of rotatable bonds is 6. The van der Waals surface area contributed by atoms with Crippen molar-refractivity contribution in [2.75, 3.05) is 24.9 Å². The molecule has 7 heteroatoms. The Kier molecular flexibility index (Phi) is 5.86. The molecule has 0 atom stereocenters. The largest absolute Gasteiger partial charge is 0.497 e. The third-order valence-corrected chi connectivity index (χ3v) is 3.93. The van der Waals surface area contributed by atoms with E-state index >= 15 is 0 Å². The molecule has 0 aliphatic carbocycles. The maximum atomic E-state index is 12.5. The molecule has 0 fully saturated rings. The highest BCUT2D eigenvalue weighted by atomic mass is 16.5. The summed E-state index contributed by atoms with van der Waals surface area (Å²) in [6, 6.07) is 17.3. The van der Waals surface area contributed by atoms with Crippen LogP contribution in [0.4, 0.5) is 17.1 Å². The number of esters is 1. The number of methoxy groups -OCH3 is 2. The Balaban J connectivity index is 1.79. The monoisotopic (exact) mass is 377 g/mol. The van der Waals surface area contributed by atoms with Gasteiger partial charge in [0.1, 0.15) is 11.4 Å². The first-order valence-corrected chi connectivity index (χ1v) is 8.46. The van der Waals surface area contributed by atoms with Crippen LogP contribution >= 0.6 is 0 Å². The van der Waals surface area contributed by atoms with Crippen molar-refractivity contribution in [2.45, 2.75) is 0 Å². The topological polar surface area (TPSA) is 89.5 Å². The molecule has 0 spiro atoms. The highest BCUT2D eigenvalue weighted by Crippen LogP contribution is 2.22. The van der Waals surface area contributed by atoms with E-state index in [1.54, 1.807) is 67.8 Å². The molecule has 142 valence electrons. The van der Waals surface area contributed by atoms with Crippen LogP contribution in [0.5, 0.6) is 5.75 Å². The molecule has 0 aliphatic rings. The van der Waals surface area contributed by atoms with E-state index in [9.17, 15) is 9.59 Å². The summed E-state index contributed by atoms with van der Waals surface area (Å²) in [5.74, 6) is -0.174. The van der Waals surface area contributed by atoms with E-state index in [4.69, 9.17) is 9.47 Å². The molecule has 1 heterocycles. The number of para-hydroxylation sites is 1. The molecule has 0 bridgehead atoms. The second-order valence-electron chi connectivity index (χ2n) is 5.78. The first kappa shape index (κ1) is 18.9.